The summed E-state index contributed by atoms with van der Waals surface area (Å²) in [5, 5.41) is 8.53. The minimum Gasteiger partial charge on any atom is -0.350 e. The Morgan fingerprint density at radius 3 is 2.92 bits per heavy atom. The Labute approximate surface area is 69.9 Å². The predicted molar refractivity (Wildman–Crippen MR) is 43.0 cm³/mol. The van der Waals surface area contributed by atoms with Gasteiger partial charge in [-0.2, -0.15) is 4.79 Å². The third kappa shape index (κ3) is 1.71. The van der Waals surface area contributed by atoms with Crippen LogP contribution in [-0.4, -0.2) is 27.7 Å². The summed E-state index contributed by atoms with van der Waals surface area (Å²) in [7, 11) is 0. The predicted octanol–water partition coefficient (Wildman–Crippen LogP) is -0.295. The molecule has 2 amide bonds. The first-order chi connectivity index (χ1) is 5.75. The molecule has 0 bridgehead atoms. The zero-order valence-electron chi connectivity index (χ0n) is 6.84. The summed E-state index contributed by atoms with van der Waals surface area (Å²) in [4.78, 5) is 12.2. The molecule has 2 N–H and O–H groups in total. The average Bonchev–Trinajstić information content (AvgIpc) is 2.51. The smallest absolute Gasteiger partial charge is 0.335 e. The molecule has 0 radical (unpaired) electrons. The van der Waals surface area contributed by atoms with Crippen LogP contribution < -0.4 is 10.7 Å². The van der Waals surface area contributed by atoms with Crippen LogP contribution in [0.25, 0.3) is 0 Å². The molecule has 1 heterocycles. The van der Waals surface area contributed by atoms with Crippen LogP contribution >= 0.6 is 0 Å². The molecule has 0 fully saturated rings. The van der Waals surface area contributed by atoms with Gasteiger partial charge in [-0.15, -0.1) is 5.10 Å². The minimum atomic E-state index is -0.526. The Kier molecular flexibility index (Phi) is 2.62. The van der Waals surface area contributed by atoms with Crippen molar-refractivity contribution >= 4 is 6.03 Å². The Hall–Kier alpha value is -1.59. The van der Waals surface area contributed by atoms with Gasteiger partial charge in [0.25, 0.3) is 0 Å². The van der Waals surface area contributed by atoms with Gasteiger partial charge < -0.3 is 5.73 Å². The van der Waals surface area contributed by atoms with Crippen LogP contribution in [0.4, 0.5) is 4.79 Å². The van der Waals surface area contributed by atoms with Crippen LogP contribution in [0.5, 0.6) is 0 Å². The van der Waals surface area contributed by atoms with E-state index in [4.69, 9.17) is 5.73 Å². The molecule has 0 atom stereocenters. The fourth-order valence-corrected chi connectivity index (χ4v) is 0.856. The third-order valence-corrected chi connectivity index (χ3v) is 1.35. The molecule has 0 saturated carbocycles. The SMILES string of the molecule is CCCN(C(N)=O)n1ccnn1. The van der Waals surface area contributed by atoms with Crippen molar-refractivity contribution in [1.29, 1.82) is 0 Å². The number of amides is 2. The molecular formula is C6H11N5O. The lowest BCUT2D eigenvalue weighted by molar-refractivity contribution is 0.247. The molecule has 6 heteroatoms. The van der Waals surface area contributed by atoms with Crippen LogP contribution in [0, 0.1) is 0 Å². The van der Waals surface area contributed by atoms with Gasteiger partial charge in [-0.05, 0) is 11.6 Å². The van der Waals surface area contributed by atoms with Gasteiger partial charge in [-0.1, -0.05) is 6.92 Å². The van der Waals surface area contributed by atoms with Crippen LogP contribution in [0.15, 0.2) is 12.4 Å². The van der Waals surface area contributed by atoms with Crippen LogP contribution in [0.2, 0.25) is 0 Å². The quantitative estimate of drug-likeness (QED) is 0.675. The van der Waals surface area contributed by atoms with Crippen molar-refractivity contribution < 1.29 is 4.79 Å². The summed E-state index contributed by atoms with van der Waals surface area (Å²) in [5.41, 5.74) is 5.11. The number of urea groups is 1. The van der Waals surface area contributed by atoms with E-state index in [1.165, 1.54) is 16.0 Å². The number of carbonyl (C=O) groups excluding carboxylic acids is 1. The number of hydrogen-bond donors (Lipinski definition) is 1. The summed E-state index contributed by atoms with van der Waals surface area (Å²) in [6.45, 7) is 2.49. The maximum absolute atomic E-state index is 10.8. The van der Waals surface area contributed by atoms with E-state index in [-0.39, 0.29) is 0 Å². The van der Waals surface area contributed by atoms with Gasteiger partial charge in [0.2, 0.25) is 0 Å². The van der Waals surface area contributed by atoms with Gasteiger partial charge >= 0.3 is 6.03 Å². The number of hydrogen-bond acceptors (Lipinski definition) is 3. The van der Waals surface area contributed by atoms with Crippen molar-refractivity contribution in [3.8, 4) is 0 Å². The number of nitrogens with two attached hydrogens (primary N) is 1. The normalized spacial score (nSPS) is 9.75. The first-order valence-corrected chi connectivity index (χ1v) is 3.69. The van der Waals surface area contributed by atoms with Crippen molar-refractivity contribution in [3.63, 3.8) is 0 Å². The summed E-state index contributed by atoms with van der Waals surface area (Å²) in [5.74, 6) is 0. The van der Waals surface area contributed by atoms with Gasteiger partial charge in [-0.25, -0.2) is 9.80 Å². The van der Waals surface area contributed by atoms with E-state index in [0.29, 0.717) is 6.54 Å². The van der Waals surface area contributed by atoms with Gasteiger partial charge in [0.15, 0.2) is 0 Å². The zero-order valence-corrected chi connectivity index (χ0v) is 6.84. The summed E-state index contributed by atoms with van der Waals surface area (Å²) < 4.78 is 0. The van der Waals surface area contributed by atoms with E-state index in [1.54, 1.807) is 6.20 Å². The maximum Gasteiger partial charge on any atom is 0.335 e. The molecule has 1 aromatic heterocycles. The average molecular weight is 169 g/mol. The van der Waals surface area contributed by atoms with E-state index in [9.17, 15) is 4.79 Å². The molecule has 0 aromatic carbocycles. The molecule has 6 nitrogen and oxygen atoms in total. The second kappa shape index (κ2) is 3.70. The van der Waals surface area contributed by atoms with Crippen LogP contribution in [-0.2, 0) is 0 Å². The van der Waals surface area contributed by atoms with Gasteiger partial charge in [-0.3, -0.25) is 0 Å². The number of nitrogens with zero attached hydrogens (tertiary/aromatic N) is 4. The standard InChI is InChI=1S/C6H11N5O/c1-2-4-10(6(7)12)11-5-3-8-9-11/h3,5H,2,4H2,1H3,(H2,7,12). The van der Waals surface area contributed by atoms with Crippen molar-refractivity contribution in [2.75, 3.05) is 11.6 Å². The molecule has 0 saturated heterocycles. The largest absolute Gasteiger partial charge is 0.350 e. The highest BCUT2D eigenvalue weighted by Crippen LogP contribution is 1.89. The maximum atomic E-state index is 10.8. The summed E-state index contributed by atoms with van der Waals surface area (Å²) >= 11 is 0. The van der Waals surface area contributed by atoms with E-state index in [0.717, 1.165) is 6.42 Å². The molecule has 1 rings (SSSR count). The van der Waals surface area contributed by atoms with E-state index in [1.807, 2.05) is 6.92 Å². The lowest BCUT2D eigenvalue weighted by Gasteiger charge is -2.17. The highest BCUT2D eigenvalue weighted by atomic mass is 16.2. The van der Waals surface area contributed by atoms with Crippen molar-refractivity contribution in [3.05, 3.63) is 12.4 Å². The van der Waals surface area contributed by atoms with E-state index < -0.39 is 6.03 Å². The monoisotopic (exact) mass is 169 g/mol. The lowest BCUT2D eigenvalue weighted by atomic mass is 10.5. The zero-order chi connectivity index (χ0) is 8.97. The first-order valence-electron chi connectivity index (χ1n) is 3.69. The molecule has 0 spiro atoms. The second-order valence-corrected chi connectivity index (χ2v) is 2.28. The minimum absolute atomic E-state index is 0.526. The van der Waals surface area contributed by atoms with Crippen molar-refractivity contribution in [1.82, 2.24) is 15.1 Å². The summed E-state index contributed by atoms with van der Waals surface area (Å²) in [6, 6.07) is -0.526. The van der Waals surface area contributed by atoms with E-state index in [2.05, 4.69) is 10.3 Å². The Balaban J connectivity index is 2.73. The first kappa shape index (κ1) is 8.51. The van der Waals surface area contributed by atoms with E-state index >= 15 is 0 Å². The third-order valence-electron chi connectivity index (χ3n) is 1.35. The number of rotatable bonds is 3. The van der Waals surface area contributed by atoms with Crippen LogP contribution in [0.3, 0.4) is 0 Å². The molecule has 12 heavy (non-hydrogen) atoms. The van der Waals surface area contributed by atoms with Crippen molar-refractivity contribution in [2.45, 2.75) is 13.3 Å². The molecule has 66 valence electrons. The topological polar surface area (TPSA) is 77.0 Å². The molecular weight excluding hydrogens is 158 g/mol. The van der Waals surface area contributed by atoms with Crippen LogP contribution in [0.1, 0.15) is 13.3 Å². The fourth-order valence-electron chi connectivity index (χ4n) is 0.856. The van der Waals surface area contributed by atoms with Gasteiger partial charge in [0, 0.05) is 6.54 Å². The molecule has 1 aromatic rings. The van der Waals surface area contributed by atoms with Crippen molar-refractivity contribution in [2.24, 2.45) is 5.73 Å². The Bertz CT molecular complexity index is 244. The number of carbonyl (C=O) groups is 1. The van der Waals surface area contributed by atoms with Gasteiger partial charge in [0.1, 0.15) is 0 Å². The number of aromatic nitrogens is 3. The molecule has 0 aliphatic rings. The fraction of sp³-hybridized carbons (Fsp3) is 0.500. The Morgan fingerprint density at radius 1 is 1.75 bits per heavy atom. The van der Waals surface area contributed by atoms with Gasteiger partial charge in [0.05, 0.1) is 12.4 Å². The number of primary amides is 1. The lowest BCUT2D eigenvalue weighted by Crippen LogP contribution is -2.45. The highest BCUT2D eigenvalue weighted by molar-refractivity contribution is 5.82. The molecule has 0 unspecified atom stereocenters. The molecule has 0 aliphatic heterocycles. The second-order valence-electron chi connectivity index (χ2n) is 2.28. The highest BCUT2D eigenvalue weighted by Gasteiger charge is 2.09. The Morgan fingerprint density at radius 2 is 2.50 bits per heavy atom. The summed E-state index contributed by atoms with van der Waals surface area (Å²) in [6.07, 6.45) is 3.88. The molecule has 0 aliphatic carbocycles.